The van der Waals surface area contributed by atoms with Crippen LogP contribution in [0.2, 0.25) is 0 Å². The number of aromatic nitrogens is 3. The zero-order valence-corrected chi connectivity index (χ0v) is 19.2. The predicted molar refractivity (Wildman–Crippen MR) is 126 cm³/mol. The summed E-state index contributed by atoms with van der Waals surface area (Å²) in [6, 6.07) is 8.97. The molecule has 3 heterocycles. The van der Waals surface area contributed by atoms with E-state index in [-0.39, 0.29) is 15.4 Å². The van der Waals surface area contributed by atoms with Crippen LogP contribution < -0.4 is 11.1 Å². The van der Waals surface area contributed by atoms with Gasteiger partial charge in [0, 0.05) is 23.7 Å². The number of methoxy groups -OCH3 is 1. The van der Waals surface area contributed by atoms with Crippen molar-refractivity contribution < 1.29 is 19.1 Å². The summed E-state index contributed by atoms with van der Waals surface area (Å²) in [5, 5.41) is 7.87. The lowest BCUT2D eigenvalue weighted by Crippen LogP contribution is -2.15. The first kappa shape index (κ1) is 22.2. The van der Waals surface area contributed by atoms with Crippen LogP contribution in [0.5, 0.6) is 0 Å². The molecular formula is C23H21N5O4S. The molecule has 168 valence electrons. The predicted octanol–water partition coefficient (Wildman–Crippen LogP) is 3.45. The maximum absolute atomic E-state index is 13.4. The van der Waals surface area contributed by atoms with Gasteiger partial charge in [0.2, 0.25) is 0 Å². The number of ether oxygens (including phenoxy) is 1. The first-order chi connectivity index (χ1) is 15.7. The van der Waals surface area contributed by atoms with Crippen molar-refractivity contribution >= 4 is 45.0 Å². The average Bonchev–Trinajstić information content (AvgIpc) is 3.31. The SMILES string of the molecule is COC(=O)c1c(NC(=O)c2cc(-c3cnn(C)c3C)nc3ccccc23)sc(C(N)=O)c1C. The molecule has 10 heteroatoms. The van der Waals surface area contributed by atoms with Crippen LogP contribution in [0.4, 0.5) is 5.00 Å². The first-order valence-electron chi connectivity index (χ1n) is 9.94. The summed E-state index contributed by atoms with van der Waals surface area (Å²) in [6.07, 6.45) is 1.70. The molecule has 0 unspecified atom stereocenters. The molecule has 4 rings (SSSR count). The van der Waals surface area contributed by atoms with Gasteiger partial charge in [-0.1, -0.05) is 18.2 Å². The van der Waals surface area contributed by atoms with E-state index in [0.717, 1.165) is 22.6 Å². The molecule has 0 saturated heterocycles. The molecular weight excluding hydrogens is 442 g/mol. The number of amides is 2. The molecule has 0 atom stereocenters. The summed E-state index contributed by atoms with van der Waals surface area (Å²) in [7, 11) is 3.06. The Morgan fingerprint density at radius 1 is 1.18 bits per heavy atom. The Hall–Kier alpha value is -4.05. The molecule has 4 aromatic rings. The molecule has 0 aliphatic rings. The van der Waals surface area contributed by atoms with Crippen molar-refractivity contribution in [2.75, 3.05) is 12.4 Å². The molecule has 0 aliphatic carbocycles. The van der Waals surface area contributed by atoms with Gasteiger partial charge in [-0.15, -0.1) is 11.3 Å². The van der Waals surface area contributed by atoms with E-state index in [2.05, 4.69) is 10.4 Å². The van der Waals surface area contributed by atoms with Crippen LogP contribution in [0.25, 0.3) is 22.2 Å². The highest BCUT2D eigenvalue weighted by Crippen LogP contribution is 2.34. The number of para-hydroxylation sites is 1. The maximum atomic E-state index is 13.4. The minimum atomic E-state index is -0.688. The minimum absolute atomic E-state index is 0.103. The number of carbonyl (C=O) groups excluding carboxylic acids is 3. The van der Waals surface area contributed by atoms with Gasteiger partial charge >= 0.3 is 5.97 Å². The van der Waals surface area contributed by atoms with Gasteiger partial charge in [-0.3, -0.25) is 14.3 Å². The van der Waals surface area contributed by atoms with E-state index >= 15 is 0 Å². The summed E-state index contributed by atoms with van der Waals surface area (Å²) in [5.74, 6) is -1.82. The van der Waals surface area contributed by atoms with Gasteiger partial charge in [0.15, 0.2) is 0 Å². The molecule has 0 fully saturated rings. The summed E-state index contributed by atoms with van der Waals surface area (Å²) >= 11 is 0.936. The van der Waals surface area contributed by atoms with E-state index in [1.54, 1.807) is 29.9 Å². The number of benzene rings is 1. The van der Waals surface area contributed by atoms with Gasteiger partial charge in [-0.2, -0.15) is 5.10 Å². The van der Waals surface area contributed by atoms with Crippen molar-refractivity contribution in [1.29, 1.82) is 0 Å². The number of nitrogens with zero attached hydrogens (tertiary/aromatic N) is 3. The van der Waals surface area contributed by atoms with Crippen LogP contribution in [-0.2, 0) is 11.8 Å². The van der Waals surface area contributed by atoms with Crippen molar-refractivity contribution in [2.45, 2.75) is 13.8 Å². The second-order valence-corrected chi connectivity index (χ2v) is 8.43. The number of primary amides is 1. The van der Waals surface area contributed by atoms with Crippen LogP contribution in [0.3, 0.4) is 0 Å². The molecule has 3 N–H and O–H groups in total. The number of rotatable bonds is 5. The third-order valence-corrected chi connectivity index (χ3v) is 6.68. The van der Waals surface area contributed by atoms with Crippen LogP contribution in [-0.4, -0.2) is 39.7 Å². The van der Waals surface area contributed by atoms with Crippen LogP contribution >= 0.6 is 11.3 Å². The lowest BCUT2D eigenvalue weighted by atomic mass is 10.0. The van der Waals surface area contributed by atoms with Gasteiger partial charge < -0.3 is 15.8 Å². The molecule has 0 radical (unpaired) electrons. The van der Waals surface area contributed by atoms with E-state index in [0.29, 0.717) is 27.7 Å². The zero-order valence-electron chi connectivity index (χ0n) is 18.4. The average molecular weight is 464 g/mol. The van der Waals surface area contributed by atoms with Crippen LogP contribution in [0.1, 0.15) is 41.6 Å². The van der Waals surface area contributed by atoms with E-state index in [1.165, 1.54) is 7.11 Å². The van der Waals surface area contributed by atoms with Gasteiger partial charge in [-0.25, -0.2) is 9.78 Å². The number of hydrogen-bond donors (Lipinski definition) is 2. The number of thiophene rings is 1. The molecule has 0 aliphatic heterocycles. The third-order valence-electron chi connectivity index (χ3n) is 5.46. The van der Waals surface area contributed by atoms with Crippen LogP contribution in [0, 0.1) is 13.8 Å². The fraction of sp³-hybridized carbons (Fsp3) is 0.174. The number of nitrogens with one attached hydrogen (secondary N) is 1. The number of aryl methyl sites for hydroxylation is 1. The molecule has 0 saturated carbocycles. The zero-order chi connectivity index (χ0) is 23.9. The van der Waals surface area contributed by atoms with Gasteiger partial charge in [0.25, 0.3) is 11.8 Å². The third kappa shape index (κ3) is 3.85. The van der Waals surface area contributed by atoms with Gasteiger partial charge in [-0.05, 0) is 31.5 Å². The number of esters is 1. The first-order valence-corrected chi connectivity index (χ1v) is 10.8. The summed E-state index contributed by atoms with van der Waals surface area (Å²) in [6.45, 7) is 3.50. The number of pyridine rings is 1. The van der Waals surface area contributed by atoms with Gasteiger partial charge in [0.1, 0.15) is 5.00 Å². The molecule has 0 bridgehead atoms. The smallest absolute Gasteiger partial charge is 0.341 e. The van der Waals surface area contributed by atoms with E-state index in [4.69, 9.17) is 15.5 Å². The van der Waals surface area contributed by atoms with Crippen molar-refractivity contribution in [3.05, 3.63) is 63.8 Å². The highest BCUT2D eigenvalue weighted by molar-refractivity contribution is 7.18. The number of fused-ring (bicyclic) bond motifs is 1. The molecule has 33 heavy (non-hydrogen) atoms. The molecule has 0 spiro atoms. The monoisotopic (exact) mass is 463 g/mol. The lowest BCUT2D eigenvalue weighted by molar-refractivity contribution is 0.0601. The van der Waals surface area contributed by atoms with Gasteiger partial charge in [0.05, 0.1) is 40.5 Å². The highest BCUT2D eigenvalue weighted by Gasteiger charge is 2.26. The summed E-state index contributed by atoms with van der Waals surface area (Å²) < 4.78 is 6.58. The Labute approximate surface area is 193 Å². The number of nitrogens with two attached hydrogens (primary N) is 1. The molecule has 3 aromatic heterocycles. The Morgan fingerprint density at radius 3 is 2.55 bits per heavy atom. The van der Waals surface area contributed by atoms with E-state index in [9.17, 15) is 14.4 Å². The fourth-order valence-electron chi connectivity index (χ4n) is 3.61. The molecule has 1 aromatic carbocycles. The number of hydrogen-bond acceptors (Lipinski definition) is 7. The summed E-state index contributed by atoms with van der Waals surface area (Å²) in [5.41, 5.74) is 9.21. The largest absolute Gasteiger partial charge is 0.465 e. The fourth-order valence-corrected chi connectivity index (χ4v) is 4.65. The number of anilines is 1. The topological polar surface area (TPSA) is 129 Å². The van der Waals surface area contributed by atoms with E-state index < -0.39 is 17.8 Å². The van der Waals surface area contributed by atoms with Crippen molar-refractivity contribution in [3.63, 3.8) is 0 Å². The van der Waals surface area contributed by atoms with Crippen LogP contribution in [0.15, 0.2) is 36.5 Å². The van der Waals surface area contributed by atoms with Crippen molar-refractivity contribution in [3.8, 4) is 11.3 Å². The Bertz CT molecular complexity index is 1440. The lowest BCUT2D eigenvalue weighted by Gasteiger charge is -2.11. The molecule has 2 amide bonds. The quantitative estimate of drug-likeness (QED) is 0.436. The standard InChI is InChI=1S/C23H21N5O4S/c1-11-18(23(31)32-4)22(33-19(11)20(24)29)27-21(30)14-9-17(15-10-25-28(3)12(15)2)26-16-8-6-5-7-13(14)16/h5-10H,1-4H3,(H2,24,29)(H,27,30). The Balaban J connectivity index is 1.84. The summed E-state index contributed by atoms with van der Waals surface area (Å²) in [4.78, 5) is 42.5. The second kappa shape index (κ2) is 8.47. The van der Waals surface area contributed by atoms with Crippen molar-refractivity contribution in [1.82, 2.24) is 14.8 Å². The molecule has 9 nitrogen and oxygen atoms in total. The van der Waals surface area contributed by atoms with Crippen molar-refractivity contribution in [2.24, 2.45) is 12.8 Å². The Morgan fingerprint density at radius 2 is 1.91 bits per heavy atom. The number of carbonyl (C=O) groups is 3. The minimum Gasteiger partial charge on any atom is -0.465 e. The maximum Gasteiger partial charge on any atom is 0.341 e. The Kier molecular flexibility index (Phi) is 5.69. The normalized spacial score (nSPS) is 10.9. The highest BCUT2D eigenvalue weighted by atomic mass is 32.1. The second-order valence-electron chi connectivity index (χ2n) is 7.41. The van der Waals surface area contributed by atoms with E-state index in [1.807, 2.05) is 32.2 Å².